The molecule has 13 heteroatoms. The van der Waals surface area contributed by atoms with Gasteiger partial charge in [-0.1, -0.05) is 24.3 Å². The molecule has 0 radical (unpaired) electrons. The monoisotopic (exact) mass is 501 g/mol. The Balaban J connectivity index is 1.81. The maximum atomic E-state index is 13.1. The van der Waals surface area contributed by atoms with Gasteiger partial charge in [0.1, 0.15) is 30.1 Å². The lowest BCUT2D eigenvalue weighted by Gasteiger charge is -2.20. The summed E-state index contributed by atoms with van der Waals surface area (Å²) in [4.78, 5) is 19.5. The van der Waals surface area contributed by atoms with Gasteiger partial charge in [0, 0.05) is 23.3 Å². The number of aldehydes is 1. The van der Waals surface area contributed by atoms with Crippen LogP contribution in [0.3, 0.4) is 0 Å². The van der Waals surface area contributed by atoms with Crippen LogP contribution < -0.4 is 15.8 Å². The molecule has 8 nitrogen and oxygen atoms in total. The van der Waals surface area contributed by atoms with Crippen molar-refractivity contribution < 1.29 is 46.3 Å². The number of alkyl halides is 5. The predicted molar refractivity (Wildman–Crippen MR) is 115 cm³/mol. The van der Waals surface area contributed by atoms with Crippen LogP contribution in [0.4, 0.5) is 27.6 Å². The molecule has 1 heterocycles. The molecule has 0 spiro atoms. The van der Waals surface area contributed by atoms with Crippen molar-refractivity contribution in [2.45, 2.75) is 25.0 Å². The van der Waals surface area contributed by atoms with E-state index in [0.717, 1.165) is 12.1 Å². The summed E-state index contributed by atoms with van der Waals surface area (Å²) in [6.07, 6.45) is -10.5. The number of hydrogen-bond acceptors (Lipinski definition) is 5. The maximum Gasteiger partial charge on any atom is 0.499 e. The van der Waals surface area contributed by atoms with E-state index in [4.69, 9.17) is 15.2 Å². The van der Waals surface area contributed by atoms with Crippen molar-refractivity contribution in [2.24, 2.45) is 15.7 Å². The van der Waals surface area contributed by atoms with Gasteiger partial charge >= 0.3 is 18.2 Å². The fourth-order valence-corrected chi connectivity index (χ4v) is 2.89. The molecule has 0 aliphatic carbocycles. The number of amidine groups is 1. The fourth-order valence-electron chi connectivity index (χ4n) is 2.89. The van der Waals surface area contributed by atoms with E-state index >= 15 is 0 Å². The zero-order chi connectivity index (χ0) is 25.7. The fraction of sp³-hybridized carbons (Fsp3) is 0.318. The van der Waals surface area contributed by atoms with Crippen molar-refractivity contribution in [1.29, 1.82) is 0 Å². The second-order valence-corrected chi connectivity index (χ2v) is 7.57. The third-order valence-electron chi connectivity index (χ3n) is 4.76. The topological polar surface area (TPSA) is 112 Å². The number of carbonyl (C=O) groups is 1. The Labute approximate surface area is 196 Å². The molecule has 0 saturated carbocycles. The predicted octanol–water partition coefficient (Wildman–Crippen LogP) is 2.75. The van der Waals surface area contributed by atoms with Gasteiger partial charge in [0.05, 0.1) is 13.2 Å². The van der Waals surface area contributed by atoms with Crippen LogP contribution in [-0.2, 0) is 9.47 Å². The van der Waals surface area contributed by atoms with Gasteiger partial charge in [0.15, 0.2) is 5.79 Å². The average Bonchev–Trinajstić information content (AvgIpc) is 3.24. The minimum absolute atomic E-state index is 0.0543. The molecule has 1 saturated heterocycles. The summed E-state index contributed by atoms with van der Waals surface area (Å²) in [5.74, 6) is -1.48. The summed E-state index contributed by atoms with van der Waals surface area (Å²) < 4.78 is 78.1. The number of halogens is 5. The minimum atomic E-state index is -5.85. The third kappa shape index (κ3) is 7.04. The van der Waals surface area contributed by atoms with Gasteiger partial charge in [-0.25, -0.2) is 10.3 Å². The van der Waals surface area contributed by atoms with Crippen LogP contribution in [-0.4, -0.2) is 55.9 Å². The van der Waals surface area contributed by atoms with Crippen molar-refractivity contribution in [2.75, 3.05) is 19.8 Å². The van der Waals surface area contributed by atoms with Gasteiger partial charge in [-0.3, -0.25) is 4.79 Å². The molecule has 3 rings (SSSR count). The minimum Gasteiger partial charge on any atom is -0.426 e. The second kappa shape index (κ2) is 10.5. The summed E-state index contributed by atoms with van der Waals surface area (Å²) >= 11 is 0. The summed E-state index contributed by atoms with van der Waals surface area (Å²) in [7, 11) is 0. The molecule has 1 fully saturated rings. The number of nitrogens with zero attached hydrogens (tertiary/aromatic N) is 2. The van der Waals surface area contributed by atoms with Gasteiger partial charge in [-0.2, -0.15) is 26.9 Å². The van der Waals surface area contributed by atoms with Crippen molar-refractivity contribution in [3.05, 3.63) is 59.7 Å². The number of hydrogen-bond donors (Lipinski definition) is 2. The molecule has 188 valence electrons. The Morgan fingerprint density at radius 2 is 1.69 bits per heavy atom. The highest BCUT2D eigenvalue weighted by Crippen LogP contribution is 2.37. The maximum absolute atomic E-state index is 13.1. The summed E-state index contributed by atoms with van der Waals surface area (Å²) in [5, 5.41) is 1.44. The first-order valence-electron chi connectivity index (χ1n) is 10.2. The smallest absolute Gasteiger partial charge is 0.426 e. The Morgan fingerprint density at radius 3 is 2.23 bits per heavy atom. The lowest BCUT2D eigenvalue weighted by Crippen LogP contribution is -2.82. The molecule has 0 atom stereocenters. The first-order chi connectivity index (χ1) is 16.4. The normalized spacial score (nSPS) is 16.9. The van der Waals surface area contributed by atoms with Crippen LogP contribution in [0.15, 0.2) is 58.5 Å². The molecular weight excluding hydrogens is 479 g/mol. The lowest BCUT2D eigenvalue weighted by atomic mass is 10.1. The molecule has 0 bridgehead atoms. The number of benzene rings is 2. The van der Waals surface area contributed by atoms with Crippen LogP contribution in [0.1, 0.15) is 22.8 Å². The van der Waals surface area contributed by atoms with Crippen LogP contribution in [0.25, 0.3) is 0 Å². The SMILES string of the molecule is CC1(CN=C(/N=C(\N)c2ccc(C=O)cc2)[NH2+]c2ccc(OC(F)(F)C(F)(F)F)cc2)OCCO1. The molecule has 4 N–H and O–H groups in total. The van der Waals surface area contributed by atoms with E-state index in [0.29, 0.717) is 36.3 Å². The summed E-state index contributed by atoms with van der Waals surface area (Å²) in [5.41, 5.74) is 7.41. The van der Waals surface area contributed by atoms with Crippen LogP contribution in [0.2, 0.25) is 0 Å². The Hall–Kier alpha value is -3.42. The highest BCUT2D eigenvalue weighted by Gasteiger charge is 2.61. The van der Waals surface area contributed by atoms with Crippen LogP contribution >= 0.6 is 0 Å². The summed E-state index contributed by atoms with van der Waals surface area (Å²) in [6, 6.07) is 10.7. The second-order valence-electron chi connectivity index (χ2n) is 7.57. The van der Waals surface area contributed by atoms with Crippen molar-refractivity contribution in [1.82, 2.24) is 0 Å². The highest BCUT2D eigenvalue weighted by atomic mass is 19.4. The first kappa shape index (κ1) is 26.2. The lowest BCUT2D eigenvalue weighted by molar-refractivity contribution is -0.446. The number of ether oxygens (including phenoxy) is 3. The Morgan fingerprint density at radius 1 is 1.09 bits per heavy atom. The van der Waals surface area contributed by atoms with Gasteiger partial charge in [-0.15, -0.1) is 0 Å². The quantitative estimate of drug-likeness (QED) is 0.199. The Bertz CT molecular complexity index is 1080. The molecule has 1 aliphatic heterocycles. The molecule has 35 heavy (non-hydrogen) atoms. The van der Waals surface area contributed by atoms with E-state index in [1.54, 1.807) is 31.2 Å². The number of nitrogens with two attached hydrogens (primary N) is 2. The van der Waals surface area contributed by atoms with Crippen molar-refractivity contribution in [3.63, 3.8) is 0 Å². The zero-order valence-electron chi connectivity index (χ0n) is 18.4. The largest absolute Gasteiger partial charge is 0.499 e. The van der Waals surface area contributed by atoms with Gasteiger partial charge in [-0.05, 0) is 19.1 Å². The molecule has 1 aliphatic rings. The Kier molecular flexibility index (Phi) is 7.83. The van der Waals surface area contributed by atoms with Crippen LogP contribution in [0, 0.1) is 0 Å². The van der Waals surface area contributed by atoms with E-state index in [-0.39, 0.29) is 18.3 Å². The van der Waals surface area contributed by atoms with Gasteiger partial charge in [0.2, 0.25) is 0 Å². The average molecular weight is 501 g/mol. The van der Waals surface area contributed by atoms with E-state index < -0.39 is 23.8 Å². The summed E-state index contributed by atoms with van der Waals surface area (Å²) in [6.45, 7) is 2.53. The highest BCUT2D eigenvalue weighted by molar-refractivity contribution is 6.03. The third-order valence-corrected chi connectivity index (χ3v) is 4.76. The number of rotatable bonds is 7. The zero-order valence-corrected chi connectivity index (χ0v) is 18.4. The molecular formula is C22H22F5N4O4+. The number of carbonyl (C=O) groups excluding carboxylic acids is 1. The number of guanidine groups is 1. The van der Waals surface area contributed by atoms with Crippen LogP contribution in [0.5, 0.6) is 5.75 Å². The standard InChI is InChI=1S/C22H21F5N4O4/c1-20(33-10-11-34-20)13-29-19(31-18(28)15-4-2-14(12-32)3-5-15)30-16-6-8-17(9-7-16)35-22(26,27)21(23,24)25/h2-9,12H,10-11,13H2,1H3,(H3,28,29,30,31)/p+1. The first-order valence-corrected chi connectivity index (χ1v) is 10.2. The van der Waals surface area contributed by atoms with Gasteiger partial charge in [0.25, 0.3) is 0 Å². The van der Waals surface area contributed by atoms with E-state index in [2.05, 4.69) is 14.7 Å². The van der Waals surface area contributed by atoms with E-state index in [9.17, 15) is 26.7 Å². The van der Waals surface area contributed by atoms with E-state index in [1.165, 1.54) is 17.4 Å². The number of quaternary nitrogens is 1. The van der Waals surface area contributed by atoms with Crippen molar-refractivity contribution >= 4 is 23.8 Å². The van der Waals surface area contributed by atoms with E-state index in [1.807, 2.05) is 0 Å². The van der Waals surface area contributed by atoms with Gasteiger partial charge < -0.3 is 19.9 Å². The molecule has 0 amide bonds. The molecule has 0 aromatic heterocycles. The molecule has 2 aromatic carbocycles. The molecule has 0 unspecified atom stereocenters. The van der Waals surface area contributed by atoms with Crippen molar-refractivity contribution in [3.8, 4) is 5.75 Å². The molecule has 2 aromatic rings. The number of aliphatic imine (C=N–C) groups is 2.